The van der Waals surface area contributed by atoms with Gasteiger partial charge >= 0.3 is 11.9 Å². The molecule has 1 aliphatic heterocycles. The zero-order valence-electron chi connectivity index (χ0n) is 12.5. The molecule has 114 valence electrons. The predicted molar refractivity (Wildman–Crippen MR) is 74.1 cm³/mol. The maximum absolute atomic E-state index is 12.2. The summed E-state index contributed by atoms with van der Waals surface area (Å²) < 4.78 is 15.5. The molecule has 0 aliphatic carbocycles. The van der Waals surface area contributed by atoms with E-state index >= 15 is 0 Å². The van der Waals surface area contributed by atoms with Crippen molar-refractivity contribution in [2.45, 2.75) is 51.2 Å². The summed E-state index contributed by atoms with van der Waals surface area (Å²) in [6, 6.07) is 0. The number of methoxy groups -OCH3 is 2. The van der Waals surface area contributed by atoms with Crippen LogP contribution in [0.2, 0.25) is 0 Å². The largest absolute Gasteiger partial charge is 0.468 e. The van der Waals surface area contributed by atoms with E-state index in [4.69, 9.17) is 14.2 Å². The molecule has 2 atom stereocenters. The first kappa shape index (κ1) is 16.7. The quantitative estimate of drug-likeness (QED) is 0.310. The van der Waals surface area contributed by atoms with Crippen LogP contribution < -0.4 is 0 Å². The Labute approximate surface area is 120 Å². The van der Waals surface area contributed by atoms with E-state index in [1.54, 1.807) is 6.08 Å². The van der Waals surface area contributed by atoms with Gasteiger partial charge in [0, 0.05) is 6.42 Å². The van der Waals surface area contributed by atoms with Crippen molar-refractivity contribution in [1.29, 1.82) is 0 Å². The lowest BCUT2D eigenvalue weighted by atomic mass is 9.77. The molecule has 20 heavy (non-hydrogen) atoms. The highest BCUT2D eigenvalue weighted by Gasteiger charge is 2.60. The van der Waals surface area contributed by atoms with E-state index in [1.807, 2.05) is 0 Å². The fourth-order valence-corrected chi connectivity index (χ4v) is 2.73. The summed E-state index contributed by atoms with van der Waals surface area (Å²) in [5.74, 6) is -1.18. The standard InChI is InChI=1S/C15H24O5/c1-5-7-8-9-12-15(13(16)18-3,14(17)19-4)10-11(6-2)20-12/h6,11-12H,2,5,7-10H2,1,3-4H3/t11-,12+/m0/s1. The predicted octanol–water partition coefficient (Wildman–Crippen LogP) is 2.24. The molecule has 0 aromatic rings. The van der Waals surface area contributed by atoms with Gasteiger partial charge in [0.25, 0.3) is 0 Å². The third kappa shape index (κ3) is 3.03. The molecule has 0 aromatic heterocycles. The smallest absolute Gasteiger partial charge is 0.326 e. The first-order valence-electron chi connectivity index (χ1n) is 7.01. The van der Waals surface area contributed by atoms with Gasteiger partial charge in [-0.1, -0.05) is 32.3 Å². The van der Waals surface area contributed by atoms with Gasteiger partial charge in [-0.25, -0.2) is 0 Å². The van der Waals surface area contributed by atoms with Gasteiger partial charge < -0.3 is 14.2 Å². The molecule has 1 saturated heterocycles. The monoisotopic (exact) mass is 284 g/mol. The van der Waals surface area contributed by atoms with Gasteiger partial charge in [-0.3, -0.25) is 9.59 Å². The summed E-state index contributed by atoms with van der Waals surface area (Å²) in [7, 11) is 2.55. The molecule has 0 amide bonds. The molecule has 0 bridgehead atoms. The Morgan fingerprint density at radius 2 is 1.90 bits per heavy atom. The zero-order chi connectivity index (χ0) is 15.2. The minimum Gasteiger partial charge on any atom is -0.468 e. The lowest BCUT2D eigenvalue weighted by Gasteiger charge is -2.28. The molecule has 5 heteroatoms. The van der Waals surface area contributed by atoms with Crippen LogP contribution in [0, 0.1) is 5.41 Å². The Morgan fingerprint density at radius 3 is 2.35 bits per heavy atom. The summed E-state index contributed by atoms with van der Waals surface area (Å²) in [6.07, 6.45) is 4.59. The molecule has 1 aliphatic rings. The minimum atomic E-state index is -1.36. The first-order valence-corrected chi connectivity index (χ1v) is 7.01. The summed E-state index contributed by atoms with van der Waals surface area (Å²) >= 11 is 0. The SMILES string of the molecule is C=C[C@H]1CC(C(=O)OC)(C(=O)OC)[C@@H](CCCCC)O1. The second-order valence-electron chi connectivity index (χ2n) is 5.05. The molecule has 1 heterocycles. The van der Waals surface area contributed by atoms with Crippen LogP contribution in [0.1, 0.15) is 39.0 Å². The van der Waals surface area contributed by atoms with Gasteiger partial charge in [0.15, 0.2) is 5.41 Å². The van der Waals surface area contributed by atoms with Crippen molar-refractivity contribution in [2.75, 3.05) is 14.2 Å². The van der Waals surface area contributed by atoms with Gasteiger partial charge in [-0.15, -0.1) is 6.58 Å². The van der Waals surface area contributed by atoms with E-state index in [2.05, 4.69) is 13.5 Å². The minimum absolute atomic E-state index is 0.229. The van der Waals surface area contributed by atoms with E-state index in [0.717, 1.165) is 19.3 Å². The third-order valence-corrected chi connectivity index (χ3v) is 3.84. The van der Waals surface area contributed by atoms with Crippen LogP contribution in [0.3, 0.4) is 0 Å². The van der Waals surface area contributed by atoms with E-state index in [1.165, 1.54) is 14.2 Å². The zero-order valence-corrected chi connectivity index (χ0v) is 12.5. The summed E-state index contributed by atoms with van der Waals surface area (Å²) in [6.45, 7) is 5.77. The highest BCUT2D eigenvalue weighted by Crippen LogP contribution is 2.43. The van der Waals surface area contributed by atoms with Crippen LogP contribution in [0.15, 0.2) is 12.7 Å². The molecule has 0 N–H and O–H groups in total. The van der Waals surface area contributed by atoms with E-state index in [0.29, 0.717) is 6.42 Å². The molecule has 1 rings (SSSR count). The second kappa shape index (κ2) is 7.43. The van der Waals surface area contributed by atoms with Crippen LogP contribution >= 0.6 is 0 Å². The molecule has 0 spiro atoms. The maximum atomic E-state index is 12.2. The van der Waals surface area contributed by atoms with E-state index in [-0.39, 0.29) is 12.5 Å². The average Bonchev–Trinajstić information content (AvgIpc) is 2.85. The number of hydrogen-bond donors (Lipinski definition) is 0. The maximum Gasteiger partial charge on any atom is 0.326 e. The van der Waals surface area contributed by atoms with Gasteiger partial charge in [0.1, 0.15) is 0 Å². The normalized spacial score (nSPS) is 24.1. The van der Waals surface area contributed by atoms with Crippen molar-refractivity contribution in [3.05, 3.63) is 12.7 Å². The topological polar surface area (TPSA) is 61.8 Å². The Kier molecular flexibility index (Phi) is 6.20. The molecule has 0 aromatic carbocycles. The van der Waals surface area contributed by atoms with Crippen LogP contribution in [-0.4, -0.2) is 38.4 Å². The van der Waals surface area contributed by atoms with E-state index in [9.17, 15) is 9.59 Å². The van der Waals surface area contributed by atoms with Gasteiger partial charge in [0.05, 0.1) is 26.4 Å². The van der Waals surface area contributed by atoms with Crippen molar-refractivity contribution in [3.8, 4) is 0 Å². The van der Waals surface area contributed by atoms with Crippen LogP contribution in [0.4, 0.5) is 0 Å². The highest BCUT2D eigenvalue weighted by atomic mass is 16.6. The Balaban J connectivity index is 3.03. The van der Waals surface area contributed by atoms with Crippen LogP contribution in [0.25, 0.3) is 0 Å². The Hall–Kier alpha value is -1.36. The van der Waals surface area contributed by atoms with Crippen molar-refractivity contribution in [1.82, 2.24) is 0 Å². The fraction of sp³-hybridized carbons (Fsp3) is 0.733. The number of rotatable bonds is 7. The van der Waals surface area contributed by atoms with Crippen LogP contribution in [-0.2, 0) is 23.8 Å². The van der Waals surface area contributed by atoms with Crippen molar-refractivity contribution in [2.24, 2.45) is 5.41 Å². The Bertz CT molecular complexity index is 347. The van der Waals surface area contributed by atoms with Gasteiger partial charge in [-0.2, -0.15) is 0 Å². The van der Waals surface area contributed by atoms with Crippen molar-refractivity contribution in [3.63, 3.8) is 0 Å². The number of esters is 2. The molecule has 1 fully saturated rings. The average molecular weight is 284 g/mol. The summed E-state index contributed by atoms with van der Waals surface area (Å²) in [5.41, 5.74) is -1.36. The number of carbonyl (C=O) groups is 2. The highest BCUT2D eigenvalue weighted by molar-refractivity contribution is 6.01. The molecule has 0 saturated carbocycles. The molecule has 5 nitrogen and oxygen atoms in total. The number of ether oxygens (including phenoxy) is 3. The van der Waals surface area contributed by atoms with Gasteiger partial charge in [-0.05, 0) is 6.42 Å². The summed E-state index contributed by atoms with van der Waals surface area (Å²) in [4.78, 5) is 24.4. The molecule has 0 radical (unpaired) electrons. The van der Waals surface area contributed by atoms with Crippen molar-refractivity contribution >= 4 is 11.9 Å². The van der Waals surface area contributed by atoms with E-state index < -0.39 is 23.5 Å². The second-order valence-corrected chi connectivity index (χ2v) is 5.05. The molecular weight excluding hydrogens is 260 g/mol. The summed E-state index contributed by atoms with van der Waals surface area (Å²) in [5, 5.41) is 0. The number of carbonyl (C=O) groups excluding carboxylic acids is 2. The number of unbranched alkanes of at least 4 members (excludes halogenated alkanes) is 2. The molecular formula is C15H24O5. The lowest BCUT2D eigenvalue weighted by Crippen LogP contribution is -2.47. The molecule has 0 unspecified atom stereocenters. The lowest BCUT2D eigenvalue weighted by molar-refractivity contribution is -0.173. The van der Waals surface area contributed by atoms with Gasteiger partial charge in [0.2, 0.25) is 0 Å². The Morgan fingerprint density at radius 1 is 1.30 bits per heavy atom. The first-order chi connectivity index (χ1) is 9.56. The van der Waals surface area contributed by atoms with Crippen molar-refractivity contribution < 1.29 is 23.8 Å². The van der Waals surface area contributed by atoms with Crippen LogP contribution in [0.5, 0.6) is 0 Å². The third-order valence-electron chi connectivity index (χ3n) is 3.84. The number of hydrogen-bond acceptors (Lipinski definition) is 5. The fourth-order valence-electron chi connectivity index (χ4n) is 2.73.